The Balaban J connectivity index is 2.81. The molecule has 1 atom stereocenters. The molecule has 0 saturated heterocycles. The molecule has 1 unspecified atom stereocenters. The van der Waals surface area contributed by atoms with Gasteiger partial charge in [0.1, 0.15) is 16.7 Å². The van der Waals surface area contributed by atoms with Gasteiger partial charge in [-0.05, 0) is 0 Å². The highest BCUT2D eigenvalue weighted by atomic mass is 32.2. The maximum atomic E-state index is 8.90. The standard InChI is InChI=1S/C9H15N3OS/c1-3-8-11-7(10)4-9(12-8)14-6(2)5-13/h4,6,13H,3,5H2,1-2H3,(H2,10,11,12). The third-order valence-electron chi connectivity index (χ3n) is 1.66. The Kier molecular flexibility index (Phi) is 4.16. The van der Waals surface area contributed by atoms with Crippen molar-refractivity contribution in [2.75, 3.05) is 12.3 Å². The summed E-state index contributed by atoms with van der Waals surface area (Å²) in [6, 6.07) is 1.73. The van der Waals surface area contributed by atoms with Gasteiger partial charge < -0.3 is 10.8 Å². The van der Waals surface area contributed by atoms with E-state index in [2.05, 4.69) is 9.97 Å². The number of thioether (sulfide) groups is 1. The maximum absolute atomic E-state index is 8.90. The Morgan fingerprint density at radius 3 is 2.86 bits per heavy atom. The molecule has 0 amide bonds. The van der Waals surface area contributed by atoms with Crippen molar-refractivity contribution in [2.45, 2.75) is 30.5 Å². The molecule has 78 valence electrons. The Morgan fingerprint density at radius 1 is 1.57 bits per heavy atom. The molecule has 1 aromatic rings. The number of hydrogen-bond acceptors (Lipinski definition) is 5. The third-order valence-corrected chi connectivity index (χ3v) is 2.67. The van der Waals surface area contributed by atoms with Crippen LogP contribution >= 0.6 is 11.8 Å². The predicted octanol–water partition coefficient (Wildman–Crippen LogP) is 1.09. The fourth-order valence-electron chi connectivity index (χ4n) is 0.954. The summed E-state index contributed by atoms with van der Waals surface area (Å²) >= 11 is 1.51. The summed E-state index contributed by atoms with van der Waals surface area (Å²) in [7, 11) is 0. The molecule has 1 heterocycles. The Morgan fingerprint density at radius 2 is 2.29 bits per heavy atom. The summed E-state index contributed by atoms with van der Waals surface area (Å²) in [5.41, 5.74) is 5.63. The van der Waals surface area contributed by atoms with Gasteiger partial charge in [-0.1, -0.05) is 13.8 Å². The summed E-state index contributed by atoms with van der Waals surface area (Å²) in [4.78, 5) is 8.38. The van der Waals surface area contributed by atoms with E-state index >= 15 is 0 Å². The zero-order chi connectivity index (χ0) is 10.6. The van der Waals surface area contributed by atoms with E-state index in [0.717, 1.165) is 17.3 Å². The third kappa shape index (κ3) is 3.16. The minimum absolute atomic E-state index is 0.133. The molecule has 0 saturated carbocycles. The molecule has 1 rings (SSSR count). The number of aliphatic hydroxyl groups excluding tert-OH is 1. The van der Waals surface area contributed by atoms with Crippen molar-refractivity contribution in [3.8, 4) is 0 Å². The number of nitrogens with two attached hydrogens (primary N) is 1. The summed E-state index contributed by atoms with van der Waals surface area (Å²) in [5, 5.41) is 9.86. The highest BCUT2D eigenvalue weighted by Gasteiger charge is 2.06. The molecular formula is C9H15N3OS. The topological polar surface area (TPSA) is 72.0 Å². The average molecular weight is 213 g/mol. The number of anilines is 1. The average Bonchev–Trinajstić information content (AvgIpc) is 2.16. The lowest BCUT2D eigenvalue weighted by atomic mass is 10.4. The van der Waals surface area contributed by atoms with Crippen molar-refractivity contribution in [1.82, 2.24) is 9.97 Å². The number of aliphatic hydroxyl groups is 1. The Hall–Kier alpha value is -0.810. The molecule has 0 aliphatic rings. The largest absolute Gasteiger partial charge is 0.395 e. The lowest BCUT2D eigenvalue weighted by Gasteiger charge is -2.07. The van der Waals surface area contributed by atoms with Gasteiger partial charge >= 0.3 is 0 Å². The number of aromatic nitrogens is 2. The smallest absolute Gasteiger partial charge is 0.131 e. The molecule has 0 aliphatic carbocycles. The van der Waals surface area contributed by atoms with E-state index in [4.69, 9.17) is 10.8 Å². The normalized spacial score (nSPS) is 12.8. The molecule has 4 nitrogen and oxygen atoms in total. The molecule has 0 spiro atoms. The van der Waals surface area contributed by atoms with Crippen molar-refractivity contribution < 1.29 is 5.11 Å². The Labute approximate surface area is 88.0 Å². The van der Waals surface area contributed by atoms with Crippen molar-refractivity contribution >= 4 is 17.6 Å². The first kappa shape index (κ1) is 11.3. The second kappa shape index (κ2) is 5.17. The van der Waals surface area contributed by atoms with Crippen LogP contribution in [0.5, 0.6) is 0 Å². The fraction of sp³-hybridized carbons (Fsp3) is 0.556. The van der Waals surface area contributed by atoms with E-state index in [0.29, 0.717) is 5.82 Å². The summed E-state index contributed by atoms with van der Waals surface area (Å²) in [5.74, 6) is 1.24. The number of aryl methyl sites for hydroxylation is 1. The van der Waals surface area contributed by atoms with E-state index in [1.807, 2.05) is 13.8 Å². The van der Waals surface area contributed by atoms with Crippen LogP contribution in [-0.2, 0) is 6.42 Å². The van der Waals surface area contributed by atoms with Crippen molar-refractivity contribution in [3.63, 3.8) is 0 Å². The van der Waals surface area contributed by atoms with Crippen molar-refractivity contribution in [1.29, 1.82) is 0 Å². The zero-order valence-electron chi connectivity index (χ0n) is 8.40. The molecular weight excluding hydrogens is 198 g/mol. The number of nitrogen functional groups attached to an aromatic ring is 1. The van der Waals surface area contributed by atoms with Crippen LogP contribution in [0.4, 0.5) is 5.82 Å². The number of hydrogen-bond donors (Lipinski definition) is 2. The van der Waals surface area contributed by atoms with Gasteiger partial charge in [-0.2, -0.15) is 0 Å². The van der Waals surface area contributed by atoms with Crippen LogP contribution < -0.4 is 5.73 Å². The van der Waals surface area contributed by atoms with Gasteiger partial charge in [-0.25, -0.2) is 9.97 Å². The van der Waals surface area contributed by atoms with Crippen LogP contribution in [0.2, 0.25) is 0 Å². The van der Waals surface area contributed by atoms with Crippen LogP contribution in [0.1, 0.15) is 19.7 Å². The van der Waals surface area contributed by atoms with Gasteiger partial charge in [-0.3, -0.25) is 0 Å². The van der Waals surface area contributed by atoms with Gasteiger partial charge in [-0.15, -0.1) is 11.8 Å². The second-order valence-electron chi connectivity index (χ2n) is 3.01. The lowest BCUT2D eigenvalue weighted by molar-refractivity contribution is 0.300. The Bertz CT molecular complexity index is 306. The fourth-order valence-corrected chi connectivity index (χ4v) is 1.79. The number of nitrogens with zero attached hydrogens (tertiary/aromatic N) is 2. The van der Waals surface area contributed by atoms with Crippen molar-refractivity contribution in [2.24, 2.45) is 0 Å². The van der Waals surface area contributed by atoms with Gasteiger partial charge in [0, 0.05) is 17.7 Å². The monoisotopic (exact) mass is 213 g/mol. The van der Waals surface area contributed by atoms with Gasteiger partial charge in [0.15, 0.2) is 0 Å². The SMILES string of the molecule is CCc1nc(N)cc(SC(C)CO)n1. The van der Waals surface area contributed by atoms with E-state index in [9.17, 15) is 0 Å². The second-order valence-corrected chi connectivity index (χ2v) is 4.47. The molecule has 0 fully saturated rings. The molecule has 5 heteroatoms. The minimum Gasteiger partial charge on any atom is -0.395 e. The first-order chi connectivity index (χ1) is 6.65. The quantitative estimate of drug-likeness (QED) is 0.578. The summed E-state index contributed by atoms with van der Waals surface area (Å²) < 4.78 is 0. The van der Waals surface area contributed by atoms with Crippen LogP contribution in [-0.4, -0.2) is 26.9 Å². The predicted molar refractivity (Wildman–Crippen MR) is 58.2 cm³/mol. The van der Waals surface area contributed by atoms with Gasteiger partial charge in [0.05, 0.1) is 6.61 Å². The molecule has 0 aliphatic heterocycles. The summed E-state index contributed by atoms with van der Waals surface area (Å²) in [6.45, 7) is 4.06. The van der Waals surface area contributed by atoms with Crippen LogP contribution in [0.25, 0.3) is 0 Å². The molecule has 3 N–H and O–H groups in total. The van der Waals surface area contributed by atoms with Gasteiger partial charge in [0.2, 0.25) is 0 Å². The summed E-state index contributed by atoms with van der Waals surface area (Å²) in [6.07, 6.45) is 0.770. The highest BCUT2D eigenvalue weighted by Crippen LogP contribution is 2.22. The van der Waals surface area contributed by atoms with Crippen LogP contribution in [0, 0.1) is 0 Å². The first-order valence-electron chi connectivity index (χ1n) is 4.56. The van der Waals surface area contributed by atoms with E-state index in [1.54, 1.807) is 6.07 Å². The van der Waals surface area contributed by atoms with Gasteiger partial charge in [0.25, 0.3) is 0 Å². The first-order valence-corrected chi connectivity index (χ1v) is 5.44. The van der Waals surface area contributed by atoms with E-state index in [1.165, 1.54) is 11.8 Å². The van der Waals surface area contributed by atoms with Crippen molar-refractivity contribution in [3.05, 3.63) is 11.9 Å². The molecule has 0 aromatic carbocycles. The molecule has 14 heavy (non-hydrogen) atoms. The lowest BCUT2D eigenvalue weighted by Crippen LogP contribution is -2.05. The zero-order valence-corrected chi connectivity index (χ0v) is 9.21. The molecule has 1 aromatic heterocycles. The van der Waals surface area contributed by atoms with E-state index < -0.39 is 0 Å². The highest BCUT2D eigenvalue weighted by molar-refractivity contribution is 7.99. The van der Waals surface area contributed by atoms with Crippen LogP contribution in [0.3, 0.4) is 0 Å². The molecule has 0 radical (unpaired) electrons. The van der Waals surface area contributed by atoms with E-state index in [-0.39, 0.29) is 11.9 Å². The van der Waals surface area contributed by atoms with Crippen LogP contribution in [0.15, 0.2) is 11.1 Å². The molecule has 0 bridgehead atoms. The minimum atomic E-state index is 0.133. The maximum Gasteiger partial charge on any atom is 0.131 e. The number of rotatable bonds is 4.